The Morgan fingerprint density at radius 1 is 1.68 bits per heavy atom. The van der Waals surface area contributed by atoms with Crippen molar-refractivity contribution in [2.24, 2.45) is 4.99 Å². The zero-order valence-electron chi connectivity index (χ0n) is 10.2. The summed E-state index contributed by atoms with van der Waals surface area (Å²) in [5.41, 5.74) is 0.505. The molecule has 0 spiro atoms. The molecule has 1 saturated heterocycles. The smallest absolute Gasteiger partial charge is 0.407 e. The standard InChI is InChI=1S/C12H13N3O3S/c16-12(17)15-5-1-2-9(7-15)18-11-3-4-13-6-10(11)14-8-19/h3-4,6,9H,1-2,5,7H2,(H,16,17)/t9-/m0/s1. The number of rotatable bonds is 3. The Morgan fingerprint density at radius 2 is 2.53 bits per heavy atom. The third-order valence-corrected chi connectivity index (χ3v) is 2.96. The van der Waals surface area contributed by atoms with Crippen LogP contribution in [0.1, 0.15) is 12.8 Å². The molecule has 6 nitrogen and oxygen atoms in total. The molecule has 0 radical (unpaired) electrons. The summed E-state index contributed by atoms with van der Waals surface area (Å²) < 4.78 is 5.79. The molecule has 1 N–H and O–H groups in total. The largest absolute Gasteiger partial charge is 0.486 e. The van der Waals surface area contributed by atoms with Crippen LogP contribution in [0.5, 0.6) is 5.75 Å². The van der Waals surface area contributed by atoms with Crippen molar-refractivity contribution in [3.8, 4) is 5.75 Å². The maximum Gasteiger partial charge on any atom is 0.407 e. The molecule has 0 bridgehead atoms. The van der Waals surface area contributed by atoms with Crippen molar-refractivity contribution in [1.82, 2.24) is 9.88 Å². The molecular formula is C12H13N3O3S. The minimum Gasteiger partial charge on any atom is -0.486 e. The van der Waals surface area contributed by atoms with Crippen molar-refractivity contribution in [2.45, 2.75) is 18.9 Å². The van der Waals surface area contributed by atoms with Gasteiger partial charge in [0, 0.05) is 18.8 Å². The maximum atomic E-state index is 10.9. The molecule has 2 heterocycles. The van der Waals surface area contributed by atoms with Gasteiger partial charge in [0.15, 0.2) is 0 Å². The van der Waals surface area contributed by atoms with Crippen LogP contribution >= 0.6 is 12.2 Å². The molecule has 1 amide bonds. The Hall–Kier alpha value is -1.98. The van der Waals surface area contributed by atoms with E-state index in [2.05, 4.69) is 27.4 Å². The quantitative estimate of drug-likeness (QED) is 0.679. The van der Waals surface area contributed by atoms with E-state index in [4.69, 9.17) is 9.84 Å². The number of thiocarbonyl (C=S) groups is 1. The Morgan fingerprint density at radius 3 is 3.26 bits per heavy atom. The van der Waals surface area contributed by atoms with Crippen LogP contribution < -0.4 is 4.74 Å². The van der Waals surface area contributed by atoms with E-state index in [1.165, 1.54) is 11.1 Å². The lowest BCUT2D eigenvalue weighted by atomic mass is 10.1. The number of amides is 1. The molecule has 0 aliphatic carbocycles. The van der Waals surface area contributed by atoms with Gasteiger partial charge < -0.3 is 14.7 Å². The molecule has 19 heavy (non-hydrogen) atoms. The van der Waals surface area contributed by atoms with Crippen molar-refractivity contribution in [3.05, 3.63) is 18.5 Å². The van der Waals surface area contributed by atoms with E-state index in [9.17, 15) is 4.79 Å². The summed E-state index contributed by atoms with van der Waals surface area (Å²) >= 11 is 4.57. The molecular weight excluding hydrogens is 266 g/mol. The first kappa shape index (κ1) is 13.5. The second kappa shape index (κ2) is 6.26. The predicted molar refractivity (Wildman–Crippen MR) is 72.2 cm³/mol. The Balaban J connectivity index is 2.08. The van der Waals surface area contributed by atoms with Crippen LogP contribution in [0.25, 0.3) is 0 Å². The van der Waals surface area contributed by atoms with Crippen LogP contribution in [0, 0.1) is 0 Å². The fourth-order valence-electron chi connectivity index (χ4n) is 1.99. The highest BCUT2D eigenvalue weighted by Crippen LogP contribution is 2.28. The lowest BCUT2D eigenvalue weighted by molar-refractivity contribution is 0.0794. The second-order valence-electron chi connectivity index (χ2n) is 4.16. The van der Waals surface area contributed by atoms with Crippen LogP contribution in [0.15, 0.2) is 23.5 Å². The van der Waals surface area contributed by atoms with Crippen molar-refractivity contribution in [1.29, 1.82) is 0 Å². The molecule has 0 aromatic carbocycles. The van der Waals surface area contributed by atoms with Gasteiger partial charge in [-0.2, -0.15) is 4.99 Å². The molecule has 1 atom stereocenters. The summed E-state index contributed by atoms with van der Waals surface area (Å²) in [5.74, 6) is 0.546. The molecule has 7 heteroatoms. The molecule has 1 aromatic rings. The number of likely N-dealkylation sites (tertiary alicyclic amines) is 1. The van der Waals surface area contributed by atoms with Gasteiger partial charge in [0.1, 0.15) is 17.5 Å². The number of nitrogens with zero attached hydrogens (tertiary/aromatic N) is 3. The maximum absolute atomic E-state index is 10.9. The average molecular weight is 279 g/mol. The minimum atomic E-state index is -0.917. The zero-order valence-corrected chi connectivity index (χ0v) is 11.0. The van der Waals surface area contributed by atoms with Crippen LogP contribution in [0.4, 0.5) is 10.5 Å². The Labute approximate surface area is 115 Å². The van der Waals surface area contributed by atoms with Crippen molar-refractivity contribution in [3.63, 3.8) is 0 Å². The van der Waals surface area contributed by atoms with Crippen LogP contribution in [0.2, 0.25) is 0 Å². The number of carboxylic acid groups (broad SMARTS) is 1. The molecule has 100 valence electrons. The topological polar surface area (TPSA) is 75.0 Å². The van der Waals surface area contributed by atoms with E-state index in [0.29, 0.717) is 24.5 Å². The minimum absolute atomic E-state index is 0.175. The summed E-state index contributed by atoms with van der Waals surface area (Å²) in [6.45, 7) is 0.912. The first-order valence-corrected chi connectivity index (χ1v) is 6.28. The van der Waals surface area contributed by atoms with E-state index in [1.54, 1.807) is 12.3 Å². The highest BCUT2D eigenvalue weighted by Gasteiger charge is 2.24. The van der Waals surface area contributed by atoms with Crippen LogP contribution in [-0.4, -0.2) is 45.4 Å². The third-order valence-electron chi connectivity index (χ3n) is 2.87. The molecule has 1 aliphatic rings. The lowest BCUT2D eigenvalue weighted by Crippen LogP contribution is -2.43. The van der Waals surface area contributed by atoms with Crippen molar-refractivity contribution in [2.75, 3.05) is 13.1 Å². The number of piperidine rings is 1. The number of hydrogen-bond acceptors (Lipinski definition) is 5. The molecule has 2 rings (SSSR count). The normalized spacial score (nSPS) is 18.5. The second-order valence-corrected chi connectivity index (χ2v) is 4.34. The molecule has 1 fully saturated rings. The third kappa shape index (κ3) is 3.49. The monoisotopic (exact) mass is 279 g/mol. The molecule has 1 aromatic heterocycles. The summed E-state index contributed by atoms with van der Waals surface area (Å²) in [4.78, 5) is 20.1. The van der Waals surface area contributed by atoms with Gasteiger partial charge in [0.25, 0.3) is 0 Å². The lowest BCUT2D eigenvalue weighted by Gasteiger charge is -2.31. The predicted octanol–water partition coefficient (Wildman–Crippen LogP) is 2.34. The summed E-state index contributed by atoms with van der Waals surface area (Å²) in [7, 11) is 0. The highest BCUT2D eigenvalue weighted by molar-refractivity contribution is 7.78. The van der Waals surface area contributed by atoms with Crippen LogP contribution in [0.3, 0.4) is 0 Å². The number of aromatic nitrogens is 1. The molecule has 0 unspecified atom stereocenters. The van der Waals surface area contributed by atoms with E-state index < -0.39 is 6.09 Å². The molecule has 0 saturated carbocycles. The average Bonchev–Trinajstić information content (AvgIpc) is 2.41. The Bertz CT molecular complexity index is 517. The van der Waals surface area contributed by atoms with E-state index >= 15 is 0 Å². The van der Waals surface area contributed by atoms with Gasteiger partial charge in [-0.3, -0.25) is 4.98 Å². The molecule has 1 aliphatic heterocycles. The van der Waals surface area contributed by atoms with Gasteiger partial charge in [-0.1, -0.05) is 0 Å². The van der Waals surface area contributed by atoms with Crippen molar-refractivity contribution < 1.29 is 14.6 Å². The number of hydrogen-bond donors (Lipinski definition) is 1. The van der Waals surface area contributed by atoms with Crippen LogP contribution in [-0.2, 0) is 0 Å². The highest BCUT2D eigenvalue weighted by atomic mass is 32.1. The zero-order chi connectivity index (χ0) is 13.7. The number of isothiocyanates is 1. The van der Waals surface area contributed by atoms with Gasteiger partial charge in [0.2, 0.25) is 0 Å². The van der Waals surface area contributed by atoms with Gasteiger partial charge in [-0.05, 0) is 25.1 Å². The first-order chi connectivity index (χ1) is 9.20. The summed E-state index contributed by atoms with van der Waals surface area (Å²) in [6.07, 6.45) is 3.63. The SMILES string of the molecule is O=C(O)N1CCC[C@H](Oc2ccncc2N=C=S)C1. The van der Waals surface area contributed by atoms with Crippen molar-refractivity contribution >= 4 is 29.2 Å². The number of ether oxygens (including phenoxy) is 1. The first-order valence-electron chi connectivity index (χ1n) is 5.87. The van der Waals surface area contributed by atoms with E-state index in [1.807, 2.05) is 0 Å². The summed E-state index contributed by atoms with van der Waals surface area (Å²) in [5, 5.41) is 11.3. The van der Waals surface area contributed by atoms with Gasteiger partial charge in [0.05, 0.1) is 17.9 Å². The number of pyridine rings is 1. The number of carbonyl (C=O) groups is 1. The van der Waals surface area contributed by atoms with Gasteiger partial charge in [-0.25, -0.2) is 4.79 Å². The van der Waals surface area contributed by atoms with Gasteiger partial charge >= 0.3 is 6.09 Å². The van der Waals surface area contributed by atoms with E-state index in [-0.39, 0.29) is 6.10 Å². The fourth-order valence-corrected chi connectivity index (χ4v) is 2.09. The summed E-state index contributed by atoms with van der Waals surface area (Å²) in [6, 6.07) is 1.69. The fraction of sp³-hybridized carbons (Fsp3) is 0.417. The number of aliphatic imine (C=N–C) groups is 1. The van der Waals surface area contributed by atoms with Gasteiger partial charge in [-0.15, -0.1) is 0 Å². The van der Waals surface area contributed by atoms with E-state index in [0.717, 1.165) is 12.8 Å². The Kier molecular flexibility index (Phi) is 4.43.